The lowest BCUT2D eigenvalue weighted by atomic mass is 10.0. The second kappa shape index (κ2) is 6.08. The van der Waals surface area contributed by atoms with Gasteiger partial charge in [-0.15, -0.1) is 6.58 Å². The standard InChI is InChI=1S/C13H17NO2/c1-4-8-14-12(13(15)16-3)11-7-5-6-10(2)9-11/h4-7,9,12,14H,1,8H2,2-3H3. The van der Waals surface area contributed by atoms with Crippen LogP contribution in [0.3, 0.4) is 0 Å². The molecule has 0 bridgehead atoms. The Labute approximate surface area is 96.1 Å². The summed E-state index contributed by atoms with van der Waals surface area (Å²) in [6.07, 6.45) is 1.71. The second-order valence-corrected chi connectivity index (χ2v) is 3.57. The van der Waals surface area contributed by atoms with Gasteiger partial charge in [0.05, 0.1) is 7.11 Å². The molecule has 0 saturated heterocycles. The van der Waals surface area contributed by atoms with E-state index in [1.807, 2.05) is 31.2 Å². The Morgan fingerprint density at radius 3 is 2.94 bits per heavy atom. The van der Waals surface area contributed by atoms with Crippen molar-refractivity contribution in [3.63, 3.8) is 0 Å². The Kier molecular flexibility index (Phi) is 4.73. The molecular weight excluding hydrogens is 202 g/mol. The maximum absolute atomic E-state index is 11.6. The summed E-state index contributed by atoms with van der Waals surface area (Å²) in [5.41, 5.74) is 2.03. The van der Waals surface area contributed by atoms with Crippen molar-refractivity contribution < 1.29 is 9.53 Å². The van der Waals surface area contributed by atoms with Crippen LogP contribution in [0.2, 0.25) is 0 Å². The molecule has 1 aromatic rings. The van der Waals surface area contributed by atoms with Gasteiger partial charge in [-0.3, -0.25) is 5.32 Å². The third-order valence-corrected chi connectivity index (χ3v) is 2.28. The van der Waals surface area contributed by atoms with E-state index in [0.717, 1.165) is 11.1 Å². The Bertz CT molecular complexity index is 374. The predicted molar refractivity (Wildman–Crippen MR) is 64.1 cm³/mol. The fraction of sp³-hybridized carbons (Fsp3) is 0.308. The lowest BCUT2D eigenvalue weighted by molar-refractivity contribution is -0.143. The van der Waals surface area contributed by atoms with Gasteiger partial charge >= 0.3 is 5.97 Å². The normalized spacial score (nSPS) is 11.9. The second-order valence-electron chi connectivity index (χ2n) is 3.57. The SMILES string of the molecule is C=CCNC(C(=O)OC)c1cccc(C)c1. The summed E-state index contributed by atoms with van der Waals surface area (Å²) >= 11 is 0. The summed E-state index contributed by atoms with van der Waals surface area (Å²) in [6.45, 7) is 6.17. The van der Waals surface area contributed by atoms with Crippen LogP contribution in [0.5, 0.6) is 0 Å². The zero-order valence-electron chi connectivity index (χ0n) is 9.69. The van der Waals surface area contributed by atoms with Crippen molar-refractivity contribution in [2.24, 2.45) is 0 Å². The zero-order valence-corrected chi connectivity index (χ0v) is 9.69. The highest BCUT2D eigenvalue weighted by molar-refractivity contribution is 5.77. The number of hydrogen-bond donors (Lipinski definition) is 1. The van der Waals surface area contributed by atoms with Crippen LogP contribution >= 0.6 is 0 Å². The van der Waals surface area contributed by atoms with Gasteiger partial charge < -0.3 is 4.74 Å². The number of esters is 1. The first-order valence-corrected chi connectivity index (χ1v) is 5.17. The molecule has 1 unspecified atom stereocenters. The van der Waals surface area contributed by atoms with E-state index in [1.165, 1.54) is 7.11 Å². The molecule has 0 aliphatic rings. The van der Waals surface area contributed by atoms with E-state index in [0.29, 0.717) is 6.54 Å². The summed E-state index contributed by atoms with van der Waals surface area (Å²) in [5.74, 6) is -0.285. The number of methoxy groups -OCH3 is 1. The van der Waals surface area contributed by atoms with Crippen LogP contribution in [0.1, 0.15) is 17.2 Å². The van der Waals surface area contributed by atoms with Gasteiger partial charge in [0.2, 0.25) is 0 Å². The highest BCUT2D eigenvalue weighted by atomic mass is 16.5. The Hall–Kier alpha value is -1.61. The molecule has 1 rings (SSSR count). The van der Waals surface area contributed by atoms with Crippen LogP contribution in [0.15, 0.2) is 36.9 Å². The molecule has 0 amide bonds. The molecule has 0 aromatic heterocycles. The summed E-state index contributed by atoms with van der Waals surface area (Å²) in [4.78, 5) is 11.6. The molecule has 0 spiro atoms. The van der Waals surface area contributed by atoms with Crippen LogP contribution in [0, 0.1) is 6.92 Å². The third kappa shape index (κ3) is 3.21. The van der Waals surface area contributed by atoms with Crippen LogP contribution in [0.25, 0.3) is 0 Å². The molecule has 3 nitrogen and oxygen atoms in total. The van der Waals surface area contributed by atoms with E-state index in [4.69, 9.17) is 4.74 Å². The number of nitrogens with one attached hydrogen (secondary N) is 1. The average Bonchev–Trinajstić information content (AvgIpc) is 2.29. The molecule has 1 atom stereocenters. The molecule has 0 aliphatic heterocycles. The number of ether oxygens (including phenoxy) is 1. The molecule has 0 aliphatic carbocycles. The molecule has 16 heavy (non-hydrogen) atoms. The molecule has 1 N–H and O–H groups in total. The van der Waals surface area contributed by atoms with Gasteiger partial charge in [0.1, 0.15) is 6.04 Å². The number of carbonyl (C=O) groups is 1. The Morgan fingerprint density at radius 2 is 2.38 bits per heavy atom. The fourth-order valence-electron chi connectivity index (χ4n) is 1.51. The predicted octanol–water partition coefficient (Wildman–Crippen LogP) is 1.98. The van der Waals surface area contributed by atoms with Crippen molar-refractivity contribution in [3.8, 4) is 0 Å². The van der Waals surface area contributed by atoms with E-state index in [2.05, 4.69) is 11.9 Å². The van der Waals surface area contributed by atoms with Crippen molar-refractivity contribution in [2.75, 3.05) is 13.7 Å². The van der Waals surface area contributed by atoms with Crippen LogP contribution < -0.4 is 5.32 Å². The number of benzene rings is 1. The van der Waals surface area contributed by atoms with Gasteiger partial charge in [-0.05, 0) is 12.5 Å². The molecule has 0 heterocycles. The monoisotopic (exact) mass is 219 g/mol. The van der Waals surface area contributed by atoms with E-state index in [-0.39, 0.29) is 5.97 Å². The molecule has 0 saturated carbocycles. The summed E-state index contributed by atoms with van der Waals surface area (Å²) in [7, 11) is 1.39. The van der Waals surface area contributed by atoms with Crippen molar-refractivity contribution >= 4 is 5.97 Å². The number of carbonyl (C=O) groups excluding carboxylic acids is 1. The topological polar surface area (TPSA) is 38.3 Å². The molecule has 1 aromatic carbocycles. The lowest BCUT2D eigenvalue weighted by Gasteiger charge is -2.16. The van der Waals surface area contributed by atoms with E-state index in [9.17, 15) is 4.79 Å². The zero-order chi connectivity index (χ0) is 12.0. The maximum atomic E-state index is 11.6. The summed E-state index contributed by atoms with van der Waals surface area (Å²) in [6, 6.07) is 7.37. The number of hydrogen-bond acceptors (Lipinski definition) is 3. The first-order valence-electron chi connectivity index (χ1n) is 5.17. The minimum atomic E-state index is -0.428. The summed E-state index contributed by atoms with van der Waals surface area (Å²) in [5, 5.41) is 3.07. The lowest BCUT2D eigenvalue weighted by Crippen LogP contribution is -2.29. The van der Waals surface area contributed by atoms with Gasteiger partial charge in [-0.1, -0.05) is 35.9 Å². The van der Waals surface area contributed by atoms with Gasteiger partial charge in [-0.25, -0.2) is 4.79 Å². The number of rotatable bonds is 5. The highest BCUT2D eigenvalue weighted by Gasteiger charge is 2.19. The largest absolute Gasteiger partial charge is 0.468 e. The molecule has 3 heteroatoms. The van der Waals surface area contributed by atoms with Crippen LogP contribution in [-0.4, -0.2) is 19.6 Å². The first-order chi connectivity index (χ1) is 7.69. The van der Waals surface area contributed by atoms with E-state index >= 15 is 0 Å². The van der Waals surface area contributed by atoms with E-state index in [1.54, 1.807) is 6.08 Å². The van der Waals surface area contributed by atoms with Gasteiger partial charge in [0.15, 0.2) is 0 Å². The van der Waals surface area contributed by atoms with Crippen molar-refractivity contribution in [2.45, 2.75) is 13.0 Å². The maximum Gasteiger partial charge on any atom is 0.327 e. The Morgan fingerprint density at radius 1 is 1.62 bits per heavy atom. The van der Waals surface area contributed by atoms with Crippen molar-refractivity contribution in [1.82, 2.24) is 5.32 Å². The Balaban J connectivity index is 2.91. The van der Waals surface area contributed by atoms with Crippen molar-refractivity contribution in [3.05, 3.63) is 48.0 Å². The minimum absolute atomic E-state index is 0.285. The minimum Gasteiger partial charge on any atom is -0.468 e. The molecule has 86 valence electrons. The number of aryl methyl sites for hydroxylation is 1. The smallest absolute Gasteiger partial charge is 0.327 e. The fourth-order valence-corrected chi connectivity index (χ4v) is 1.51. The summed E-state index contributed by atoms with van der Waals surface area (Å²) < 4.78 is 4.77. The van der Waals surface area contributed by atoms with Crippen LogP contribution in [0.4, 0.5) is 0 Å². The quantitative estimate of drug-likeness (QED) is 0.608. The van der Waals surface area contributed by atoms with Gasteiger partial charge in [0, 0.05) is 6.54 Å². The van der Waals surface area contributed by atoms with Crippen molar-refractivity contribution in [1.29, 1.82) is 0 Å². The average molecular weight is 219 g/mol. The van der Waals surface area contributed by atoms with E-state index < -0.39 is 6.04 Å². The third-order valence-electron chi connectivity index (χ3n) is 2.28. The molecule has 0 radical (unpaired) electrons. The first kappa shape index (κ1) is 12.5. The highest BCUT2D eigenvalue weighted by Crippen LogP contribution is 2.15. The molecule has 0 fully saturated rings. The van der Waals surface area contributed by atoms with Gasteiger partial charge in [0.25, 0.3) is 0 Å². The van der Waals surface area contributed by atoms with Crippen LogP contribution in [-0.2, 0) is 9.53 Å². The van der Waals surface area contributed by atoms with Gasteiger partial charge in [-0.2, -0.15) is 0 Å². The molecular formula is C13H17NO2.